The van der Waals surface area contributed by atoms with Crippen LogP contribution in [-0.4, -0.2) is 63.4 Å². The van der Waals surface area contributed by atoms with Gasteiger partial charge in [0.2, 0.25) is 0 Å². The minimum absolute atomic E-state index is 0.167. The Bertz CT molecular complexity index is 453. The van der Waals surface area contributed by atoms with Crippen molar-refractivity contribution in [3.05, 3.63) is 0 Å². The second-order valence-corrected chi connectivity index (χ2v) is 5.28. The molecule has 0 aromatic heterocycles. The molecule has 1 saturated carbocycles. The highest BCUT2D eigenvalue weighted by Crippen LogP contribution is 2.30. The van der Waals surface area contributed by atoms with E-state index >= 15 is 0 Å². The van der Waals surface area contributed by atoms with Crippen molar-refractivity contribution >= 4 is 23.7 Å². The molecule has 0 amide bonds. The fourth-order valence-corrected chi connectivity index (χ4v) is 2.14. The van der Waals surface area contributed by atoms with Crippen molar-refractivity contribution in [2.45, 2.75) is 58.5 Å². The van der Waals surface area contributed by atoms with Gasteiger partial charge in [-0.2, -0.15) is 0 Å². The number of carboxylic acid groups (broad SMARTS) is 1. The Balaban J connectivity index is 0.00000108. The number of hydrogen-bond acceptors (Lipinski definition) is 8. The summed E-state index contributed by atoms with van der Waals surface area (Å²) in [7, 11) is 0. The van der Waals surface area contributed by atoms with Gasteiger partial charge in [0.15, 0.2) is 0 Å². The van der Waals surface area contributed by atoms with E-state index in [4.69, 9.17) is 14.6 Å². The zero-order valence-corrected chi connectivity index (χ0v) is 13.4. The Kier molecular flexibility index (Phi) is 8.41. The molecule has 0 aliphatic heterocycles. The third kappa shape index (κ3) is 7.20. The second kappa shape index (κ2) is 9.21. The number of rotatable bonds is 3. The summed E-state index contributed by atoms with van der Waals surface area (Å²) in [6, 6.07) is 0. The first-order chi connectivity index (χ1) is 10.5. The van der Waals surface area contributed by atoms with Gasteiger partial charge in [-0.25, -0.2) is 0 Å². The van der Waals surface area contributed by atoms with Gasteiger partial charge in [0, 0.05) is 20.3 Å². The van der Waals surface area contributed by atoms with Gasteiger partial charge in [-0.15, -0.1) is 0 Å². The smallest absolute Gasteiger partial charge is 0.313 e. The molecule has 9 heteroatoms. The van der Waals surface area contributed by atoms with Crippen molar-refractivity contribution in [2.75, 3.05) is 0 Å². The predicted molar refractivity (Wildman–Crippen MR) is 75.2 cm³/mol. The molecule has 1 fully saturated rings. The molecule has 9 nitrogen and oxygen atoms in total. The van der Waals surface area contributed by atoms with E-state index in [0.717, 1.165) is 13.8 Å². The molecule has 23 heavy (non-hydrogen) atoms. The molecule has 1 aliphatic rings. The second-order valence-electron chi connectivity index (χ2n) is 5.28. The van der Waals surface area contributed by atoms with Crippen molar-refractivity contribution in [1.29, 1.82) is 0 Å². The summed E-state index contributed by atoms with van der Waals surface area (Å²) in [5.74, 6) is -4.11. The fourth-order valence-electron chi connectivity index (χ4n) is 2.14. The first-order valence-electron chi connectivity index (χ1n) is 6.87. The molecule has 1 rings (SSSR count). The molecule has 1 unspecified atom stereocenters. The van der Waals surface area contributed by atoms with Crippen LogP contribution >= 0.6 is 0 Å². The standard InChI is InChI=1S/C11H16O8.C3H6O/c1-4(12)18-6-3-7(19-5(2)13)9(14)10(15)8(6)11(16)17;1-3(2)4/h6-10,14-15H,3H2,1-2H3,(H,16,17);1-2H3/t6-,7+,8?,9+,10+;/m0./s1. The van der Waals surface area contributed by atoms with Crippen molar-refractivity contribution in [1.82, 2.24) is 0 Å². The molecule has 3 N–H and O–H groups in total. The highest BCUT2D eigenvalue weighted by atomic mass is 16.6. The van der Waals surface area contributed by atoms with E-state index in [0.29, 0.717) is 0 Å². The number of hydrogen-bond donors (Lipinski definition) is 3. The maximum Gasteiger partial charge on any atom is 0.313 e. The maximum atomic E-state index is 11.1. The first kappa shape index (κ1) is 21.0. The molecule has 0 saturated heterocycles. The van der Waals surface area contributed by atoms with Crippen LogP contribution in [-0.2, 0) is 28.7 Å². The van der Waals surface area contributed by atoms with E-state index < -0.39 is 48.2 Å². The normalized spacial score (nSPS) is 29.6. The Morgan fingerprint density at radius 1 is 0.826 bits per heavy atom. The fraction of sp³-hybridized carbons (Fsp3) is 0.714. The van der Waals surface area contributed by atoms with E-state index in [1.807, 2.05) is 0 Å². The van der Waals surface area contributed by atoms with Gasteiger partial charge in [-0.1, -0.05) is 0 Å². The molecule has 0 aromatic carbocycles. The summed E-state index contributed by atoms with van der Waals surface area (Å²) in [5, 5.41) is 28.5. The Labute approximate surface area is 133 Å². The SMILES string of the molecule is CC(=O)O[C@H]1C[C@@H](OC(C)=O)[C@@H](O)[C@H](O)C1C(=O)O.CC(C)=O. The third-order valence-electron chi connectivity index (χ3n) is 2.88. The lowest BCUT2D eigenvalue weighted by Gasteiger charge is -2.39. The quantitative estimate of drug-likeness (QED) is 0.568. The van der Waals surface area contributed by atoms with Crippen molar-refractivity contribution in [3.8, 4) is 0 Å². The number of esters is 2. The van der Waals surface area contributed by atoms with Gasteiger partial charge in [0.05, 0.1) is 0 Å². The number of ketones is 1. The van der Waals surface area contributed by atoms with Crippen LogP contribution in [0.2, 0.25) is 0 Å². The van der Waals surface area contributed by atoms with E-state index in [9.17, 15) is 29.4 Å². The van der Waals surface area contributed by atoms with Gasteiger partial charge >= 0.3 is 17.9 Å². The number of carbonyl (C=O) groups is 4. The molecule has 0 bridgehead atoms. The summed E-state index contributed by atoms with van der Waals surface area (Å²) in [6.45, 7) is 5.26. The molecule has 132 valence electrons. The summed E-state index contributed by atoms with van der Waals surface area (Å²) in [5.41, 5.74) is 0. The monoisotopic (exact) mass is 334 g/mol. The number of Topliss-reactive ketones (excluding diaryl/α,β-unsaturated/α-hetero) is 1. The van der Waals surface area contributed by atoms with E-state index in [1.54, 1.807) is 0 Å². The molecular formula is C14H22O9. The largest absolute Gasteiger partial charge is 0.481 e. The average molecular weight is 334 g/mol. The van der Waals surface area contributed by atoms with Crippen LogP contribution in [0.25, 0.3) is 0 Å². The summed E-state index contributed by atoms with van der Waals surface area (Å²) < 4.78 is 9.59. The van der Waals surface area contributed by atoms with E-state index in [-0.39, 0.29) is 12.2 Å². The molecule has 0 spiro atoms. The van der Waals surface area contributed by atoms with Crippen LogP contribution in [0.15, 0.2) is 0 Å². The van der Waals surface area contributed by atoms with E-state index in [1.165, 1.54) is 13.8 Å². The number of carbonyl (C=O) groups excluding carboxylic acids is 3. The van der Waals surface area contributed by atoms with Crippen LogP contribution in [0.3, 0.4) is 0 Å². The Morgan fingerprint density at radius 2 is 1.22 bits per heavy atom. The van der Waals surface area contributed by atoms with Gasteiger partial charge in [-0.3, -0.25) is 14.4 Å². The highest BCUT2D eigenvalue weighted by Gasteiger charge is 2.50. The third-order valence-corrected chi connectivity index (χ3v) is 2.88. The lowest BCUT2D eigenvalue weighted by molar-refractivity contribution is -0.197. The molecule has 0 heterocycles. The molecule has 1 aliphatic carbocycles. The summed E-state index contributed by atoms with van der Waals surface area (Å²) in [4.78, 5) is 42.3. The predicted octanol–water partition coefficient (Wildman–Crippen LogP) is -0.729. The molecule has 5 atom stereocenters. The number of carboxylic acids is 1. The number of aliphatic hydroxyl groups excluding tert-OH is 2. The first-order valence-corrected chi connectivity index (χ1v) is 6.87. The van der Waals surface area contributed by atoms with Crippen molar-refractivity contribution in [3.63, 3.8) is 0 Å². The highest BCUT2D eigenvalue weighted by molar-refractivity contribution is 5.73. The molecular weight excluding hydrogens is 312 g/mol. The number of aliphatic carboxylic acids is 1. The van der Waals surface area contributed by atoms with E-state index in [2.05, 4.69) is 0 Å². The van der Waals surface area contributed by atoms with Gasteiger partial charge in [0.1, 0.15) is 36.1 Å². The van der Waals surface area contributed by atoms with Crippen LogP contribution < -0.4 is 0 Å². The summed E-state index contributed by atoms with van der Waals surface area (Å²) >= 11 is 0. The molecule has 0 radical (unpaired) electrons. The van der Waals surface area contributed by atoms with Crippen LogP contribution in [0.5, 0.6) is 0 Å². The maximum absolute atomic E-state index is 11.1. The molecule has 0 aromatic rings. The zero-order chi connectivity index (χ0) is 18.3. The average Bonchev–Trinajstić information content (AvgIpc) is 2.33. The van der Waals surface area contributed by atoms with Crippen molar-refractivity contribution in [2.24, 2.45) is 5.92 Å². The van der Waals surface area contributed by atoms with Gasteiger partial charge in [-0.05, 0) is 13.8 Å². The van der Waals surface area contributed by atoms with Gasteiger partial charge < -0.3 is 29.6 Å². The minimum atomic E-state index is -1.69. The summed E-state index contributed by atoms with van der Waals surface area (Å²) in [6.07, 6.45) is -5.71. The lowest BCUT2D eigenvalue weighted by Crippen LogP contribution is -2.57. The Hall–Kier alpha value is -2.00. The lowest BCUT2D eigenvalue weighted by atomic mass is 9.80. The van der Waals surface area contributed by atoms with Crippen LogP contribution in [0.4, 0.5) is 0 Å². The van der Waals surface area contributed by atoms with Crippen molar-refractivity contribution < 1.29 is 44.0 Å². The van der Waals surface area contributed by atoms with Gasteiger partial charge in [0.25, 0.3) is 0 Å². The number of aliphatic hydroxyl groups is 2. The number of ether oxygens (including phenoxy) is 2. The zero-order valence-electron chi connectivity index (χ0n) is 13.4. The Morgan fingerprint density at radius 3 is 1.57 bits per heavy atom. The van der Waals surface area contributed by atoms with Crippen LogP contribution in [0, 0.1) is 5.92 Å². The topological polar surface area (TPSA) is 147 Å². The van der Waals surface area contributed by atoms with Crippen LogP contribution in [0.1, 0.15) is 34.1 Å². The minimum Gasteiger partial charge on any atom is -0.481 e.